The van der Waals surface area contributed by atoms with Gasteiger partial charge >= 0.3 is 0 Å². The van der Waals surface area contributed by atoms with Crippen LogP contribution in [0.5, 0.6) is 0 Å². The summed E-state index contributed by atoms with van der Waals surface area (Å²) < 4.78 is 1.82. The molecule has 0 saturated heterocycles. The lowest BCUT2D eigenvalue weighted by Gasteiger charge is -2.04. The molecule has 0 radical (unpaired) electrons. The fourth-order valence-electron chi connectivity index (χ4n) is 0.856. The minimum atomic E-state index is -0.172. The Kier molecular flexibility index (Phi) is 4.16. The van der Waals surface area contributed by atoms with Crippen LogP contribution in [-0.4, -0.2) is 9.55 Å². The van der Waals surface area contributed by atoms with Crippen LogP contribution >= 0.6 is 39.1 Å². The molecule has 1 rings (SSSR count). The average molecular weight is 298 g/mol. The summed E-state index contributed by atoms with van der Waals surface area (Å²) in [7, 11) is 0. The van der Waals surface area contributed by atoms with Crippen molar-refractivity contribution < 1.29 is 0 Å². The zero-order valence-corrected chi connectivity index (χ0v) is 10.4. The first kappa shape index (κ1) is 11.8. The smallest absolute Gasteiger partial charge is 0.268 e. The van der Waals surface area contributed by atoms with Gasteiger partial charge in [-0.25, -0.2) is 4.98 Å². The number of nitrogens with zero attached hydrogens (tertiary/aromatic N) is 2. The van der Waals surface area contributed by atoms with E-state index in [0.29, 0.717) is 15.2 Å². The minimum absolute atomic E-state index is 0.172. The molecule has 1 heterocycles. The summed E-state index contributed by atoms with van der Waals surface area (Å²) in [5, 5.41) is 0.381. The van der Waals surface area contributed by atoms with Gasteiger partial charge in [0.05, 0.1) is 18.6 Å². The highest BCUT2D eigenvalue weighted by atomic mass is 79.9. The van der Waals surface area contributed by atoms with E-state index in [1.165, 1.54) is 16.4 Å². The van der Waals surface area contributed by atoms with Crippen LogP contribution in [0.15, 0.2) is 26.2 Å². The van der Waals surface area contributed by atoms with E-state index < -0.39 is 0 Å². The number of rotatable bonds is 2. The number of allylic oxidation sites excluding steroid dienone is 1. The number of hydrogen-bond acceptors (Lipinski definition) is 2. The van der Waals surface area contributed by atoms with Crippen molar-refractivity contribution in [3.63, 3.8) is 0 Å². The Bertz CT molecular complexity index is 428. The van der Waals surface area contributed by atoms with Crippen molar-refractivity contribution in [1.29, 1.82) is 0 Å². The first-order valence-electron chi connectivity index (χ1n) is 3.72. The van der Waals surface area contributed by atoms with Crippen LogP contribution in [0.4, 0.5) is 0 Å². The summed E-state index contributed by atoms with van der Waals surface area (Å²) in [6.45, 7) is 1.98. The molecule has 0 aliphatic rings. The maximum absolute atomic E-state index is 11.6. The van der Waals surface area contributed by atoms with E-state index in [4.69, 9.17) is 23.2 Å². The SMILES string of the molecule is Cc1ncn(CC(Cl)=CCl)c(=O)c1Br. The molecule has 1 aromatic heterocycles. The maximum Gasteiger partial charge on any atom is 0.268 e. The summed E-state index contributed by atoms with van der Waals surface area (Å²) in [6.07, 6.45) is 1.44. The van der Waals surface area contributed by atoms with Gasteiger partial charge < -0.3 is 0 Å². The van der Waals surface area contributed by atoms with Gasteiger partial charge in [-0.3, -0.25) is 9.36 Å². The molecule has 0 aliphatic heterocycles. The monoisotopic (exact) mass is 296 g/mol. The fraction of sp³-hybridized carbons (Fsp3) is 0.250. The van der Waals surface area contributed by atoms with Crippen molar-refractivity contribution in [1.82, 2.24) is 9.55 Å². The fourth-order valence-corrected chi connectivity index (χ4v) is 1.38. The van der Waals surface area contributed by atoms with Gasteiger partial charge in [0.1, 0.15) is 4.47 Å². The summed E-state index contributed by atoms with van der Waals surface area (Å²) in [4.78, 5) is 15.6. The number of hydrogen-bond donors (Lipinski definition) is 0. The standard InChI is InChI=1S/C8H7BrCl2N2O/c1-5-7(9)8(14)13(4-12-5)3-6(11)2-10/h2,4H,3H2,1H3. The van der Waals surface area contributed by atoms with E-state index in [0.717, 1.165) is 0 Å². The van der Waals surface area contributed by atoms with Crippen molar-refractivity contribution in [2.45, 2.75) is 13.5 Å². The van der Waals surface area contributed by atoms with Crippen LogP contribution < -0.4 is 5.56 Å². The Morgan fingerprint density at radius 1 is 1.79 bits per heavy atom. The minimum Gasteiger partial charge on any atom is -0.293 e. The van der Waals surface area contributed by atoms with Gasteiger partial charge in [0.25, 0.3) is 5.56 Å². The maximum atomic E-state index is 11.6. The van der Waals surface area contributed by atoms with Crippen LogP contribution in [0.2, 0.25) is 0 Å². The molecule has 0 unspecified atom stereocenters. The largest absolute Gasteiger partial charge is 0.293 e. The Hall–Kier alpha value is -0.320. The first-order chi connectivity index (χ1) is 6.56. The lowest BCUT2D eigenvalue weighted by Crippen LogP contribution is -2.22. The zero-order valence-electron chi connectivity index (χ0n) is 7.30. The molecular formula is C8H7BrCl2N2O. The third-order valence-corrected chi connectivity index (χ3v) is 3.11. The van der Waals surface area contributed by atoms with Gasteiger partial charge in [0.15, 0.2) is 0 Å². The van der Waals surface area contributed by atoms with E-state index in [-0.39, 0.29) is 12.1 Å². The molecule has 1 aromatic rings. The molecule has 6 heteroatoms. The summed E-state index contributed by atoms with van der Waals surface area (Å²) in [6, 6.07) is 0. The lowest BCUT2D eigenvalue weighted by atomic mass is 10.4. The van der Waals surface area contributed by atoms with Crippen LogP contribution in [0, 0.1) is 6.92 Å². The van der Waals surface area contributed by atoms with E-state index in [1.54, 1.807) is 6.92 Å². The lowest BCUT2D eigenvalue weighted by molar-refractivity contribution is 0.733. The van der Waals surface area contributed by atoms with Crippen molar-refractivity contribution in [2.75, 3.05) is 0 Å². The molecule has 0 fully saturated rings. The van der Waals surface area contributed by atoms with E-state index in [2.05, 4.69) is 20.9 Å². The van der Waals surface area contributed by atoms with E-state index in [1.807, 2.05) is 0 Å². The molecule has 0 aliphatic carbocycles. The van der Waals surface area contributed by atoms with Gasteiger partial charge in [0, 0.05) is 10.6 Å². The Morgan fingerprint density at radius 3 is 3.00 bits per heavy atom. The number of halogens is 3. The van der Waals surface area contributed by atoms with Gasteiger partial charge in [0.2, 0.25) is 0 Å². The molecule has 0 saturated carbocycles. The van der Waals surface area contributed by atoms with E-state index >= 15 is 0 Å². The van der Waals surface area contributed by atoms with Crippen LogP contribution in [-0.2, 0) is 6.54 Å². The molecule has 0 aromatic carbocycles. The van der Waals surface area contributed by atoms with Crippen LogP contribution in [0.1, 0.15) is 5.69 Å². The van der Waals surface area contributed by atoms with Crippen molar-refractivity contribution in [3.05, 3.63) is 37.4 Å². The molecule has 0 spiro atoms. The first-order valence-corrected chi connectivity index (χ1v) is 5.33. The quantitative estimate of drug-likeness (QED) is 0.841. The highest BCUT2D eigenvalue weighted by Gasteiger charge is 2.05. The molecule has 76 valence electrons. The number of aromatic nitrogens is 2. The van der Waals surface area contributed by atoms with Crippen molar-refractivity contribution >= 4 is 39.1 Å². The molecular weight excluding hydrogens is 291 g/mol. The van der Waals surface area contributed by atoms with Gasteiger partial charge in [-0.1, -0.05) is 23.2 Å². The third-order valence-electron chi connectivity index (χ3n) is 1.60. The van der Waals surface area contributed by atoms with E-state index in [9.17, 15) is 4.79 Å². The normalized spacial score (nSPS) is 11.9. The molecule has 0 N–H and O–H groups in total. The Morgan fingerprint density at radius 2 is 2.43 bits per heavy atom. The molecule has 0 atom stereocenters. The Labute approximate surface area is 99.5 Å². The molecule has 0 amide bonds. The molecule has 3 nitrogen and oxygen atoms in total. The van der Waals surface area contributed by atoms with Crippen LogP contribution in [0.3, 0.4) is 0 Å². The van der Waals surface area contributed by atoms with Crippen LogP contribution in [0.25, 0.3) is 0 Å². The average Bonchev–Trinajstić information content (AvgIpc) is 2.19. The summed E-state index contributed by atoms with van der Waals surface area (Å²) in [5.41, 5.74) is 1.70. The predicted octanol–water partition coefficient (Wildman–Crippen LogP) is 2.63. The Balaban J connectivity index is 3.13. The number of aryl methyl sites for hydroxylation is 1. The van der Waals surface area contributed by atoms with Gasteiger partial charge in [-0.05, 0) is 22.9 Å². The molecule has 0 bridgehead atoms. The zero-order chi connectivity index (χ0) is 10.7. The summed E-state index contributed by atoms with van der Waals surface area (Å²) >= 11 is 14.2. The molecule has 14 heavy (non-hydrogen) atoms. The van der Waals surface area contributed by atoms with Gasteiger partial charge in [-0.2, -0.15) is 0 Å². The third kappa shape index (κ3) is 2.59. The highest BCUT2D eigenvalue weighted by molar-refractivity contribution is 9.10. The predicted molar refractivity (Wildman–Crippen MR) is 60.7 cm³/mol. The second-order valence-corrected chi connectivity index (χ2v) is 4.13. The second-order valence-electron chi connectivity index (χ2n) is 2.63. The van der Waals surface area contributed by atoms with Crippen molar-refractivity contribution in [3.8, 4) is 0 Å². The van der Waals surface area contributed by atoms with Gasteiger partial charge in [-0.15, -0.1) is 0 Å². The second kappa shape index (κ2) is 4.96. The highest BCUT2D eigenvalue weighted by Crippen LogP contribution is 2.09. The summed E-state index contributed by atoms with van der Waals surface area (Å²) in [5.74, 6) is 0. The topological polar surface area (TPSA) is 34.9 Å². The van der Waals surface area contributed by atoms with Crippen molar-refractivity contribution in [2.24, 2.45) is 0 Å².